The maximum absolute atomic E-state index is 13.0. The Bertz CT molecular complexity index is 391. The maximum atomic E-state index is 13.0. The SMILES string of the molecule is Cc1cc(F)ccc1CC(CC1CCOC1)NN. The van der Waals surface area contributed by atoms with E-state index in [0.29, 0.717) is 5.92 Å². The van der Waals surface area contributed by atoms with Crippen molar-refractivity contribution in [3.05, 3.63) is 35.1 Å². The molecular formula is C14H21FN2O. The molecule has 2 atom stereocenters. The van der Waals surface area contributed by atoms with E-state index in [2.05, 4.69) is 5.43 Å². The van der Waals surface area contributed by atoms with Gasteiger partial charge in [-0.3, -0.25) is 11.3 Å². The van der Waals surface area contributed by atoms with Crippen LogP contribution in [0.4, 0.5) is 4.39 Å². The summed E-state index contributed by atoms with van der Waals surface area (Å²) in [6.07, 6.45) is 2.95. The second-order valence-corrected chi connectivity index (χ2v) is 5.10. The molecule has 0 amide bonds. The van der Waals surface area contributed by atoms with Crippen molar-refractivity contribution in [2.45, 2.75) is 32.2 Å². The summed E-state index contributed by atoms with van der Waals surface area (Å²) in [7, 11) is 0. The summed E-state index contributed by atoms with van der Waals surface area (Å²) in [4.78, 5) is 0. The first-order valence-electron chi connectivity index (χ1n) is 6.48. The van der Waals surface area contributed by atoms with Crippen LogP contribution in [0.25, 0.3) is 0 Å². The predicted octanol–water partition coefficient (Wildman–Crippen LogP) is 1.94. The Kier molecular flexibility index (Phi) is 4.69. The third-order valence-corrected chi connectivity index (χ3v) is 3.65. The maximum Gasteiger partial charge on any atom is 0.123 e. The molecule has 0 spiro atoms. The van der Waals surface area contributed by atoms with E-state index in [0.717, 1.165) is 43.6 Å². The van der Waals surface area contributed by atoms with E-state index in [1.165, 1.54) is 6.07 Å². The highest BCUT2D eigenvalue weighted by molar-refractivity contribution is 5.27. The first-order valence-corrected chi connectivity index (χ1v) is 6.48. The molecule has 1 heterocycles. The number of halogens is 1. The molecule has 0 bridgehead atoms. The molecule has 1 aliphatic rings. The smallest absolute Gasteiger partial charge is 0.123 e. The van der Waals surface area contributed by atoms with Crippen molar-refractivity contribution in [2.24, 2.45) is 11.8 Å². The van der Waals surface area contributed by atoms with Crippen LogP contribution >= 0.6 is 0 Å². The molecule has 1 saturated heterocycles. The normalized spacial score (nSPS) is 21.2. The Labute approximate surface area is 107 Å². The van der Waals surface area contributed by atoms with Crippen LogP contribution in [0.2, 0.25) is 0 Å². The van der Waals surface area contributed by atoms with Gasteiger partial charge < -0.3 is 4.74 Å². The van der Waals surface area contributed by atoms with Gasteiger partial charge in [-0.2, -0.15) is 0 Å². The van der Waals surface area contributed by atoms with Gasteiger partial charge >= 0.3 is 0 Å². The number of ether oxygens (including phenoxy) is 1. The summed E-state index contributed by atoms with van der Waals surface area (Å²) in [5.41, 5.74) is 5.01. The zero-order valence-corrected chi connectivity index (χ0v) is 10.8. The van der Waals surface area contributed by atoms with E-state index in [9.17, 15) is 4.39 Å². The van der Waals surface area contributed by atoms with Gasteiger partial charge in [0.15, 0.2) is 0 Å². The van der Waals surface area contributed by atoms with Crippen molar-refractivity contribution in [1.29, 1.82) is 0 Å². The molecule has 1 aromatic carbocycles. The molecule has 3 nitrogen and oxygen atoms in total. The molecule has 3 N–H and O–H groups in total. The van der Waals surface area contributed by atoms with Crippen LogP contribution in [0.3, 0.4) is 0 Å². The number of rotatable bonds is 5. The quantitative estimate of drug-likeness (QED) is 0.622. The molecule has 2 unspecified atom stereocenters. The van der Waals surface area contributed by atoms with Gasteiger partial charge in [-0.05, 0) is 55.4 Å². The van der Waals surface area contributed by atoms with Gasteiger partial charge in [-0.25, -0.2) is 4.39 Å². The molecule has 100 valence electrons. The Hall–Kier alpha value is -0.970. The Morgan fingerprint density at radius 1 is 1.56 bits per heavy atom. The highest BCUT2D eigenvalue weighted by atomic mass is 19.1. The lowest BCUT2D eigenvalue weighted by Crippen LogP contribution is -2.38. The molecular weight excluding hydrogens is 231 g/mol. The van der Waals surface area contributed by atoms with E-state index in [4.69, 9.17) is 10.6 Å². The molecule has 2 rings (SSSR count). The fourth-order valence-electron chi connectivity index (χ4n) is 2.54. The summed E-state index contributed by atoms with van der Waals surface area (Å²) in [6, 6.07) is 5.15. The van der Waals surface area contributed by atoms with E-state index >= 15 is 0 Å². The summed E-state index contributed by atoms with van der Waals surface area (Å²) >= 11 is 0. The standard InChI is InChI=1S/C14H21FN2O/c1-10-6-13(15)3-2-12(10)8-14(17-16)7-11-4-5-18-9-11/h2-3,6,11,14,17H,4-5,7-9,16H2,1H3. The van der Waals surface area contributed by atoms with Crippen molar-refractivity contribution in [3.63, 3.8) is 0 Å². The summed E-state index contributed by atoms with van der Waals surface area (Å²) in [5.74, 6) is 6.02. The van der Waals surface area contributed by atoms with Crippen LogP contribution in [-0.4, -0.2) is 19.3 Å². The average molecular weight is 252 g/mol. The Balaban J connectivity index is 1.96. The van der Waals surface area contributed by atoms with Gasteiger partial charge in [0.1, 0.15) is 5.82 Å². The number of hydrogen-bond donors (Lipinski definition) is 2. The fourth-order valence-corrected chi connectivity index (χ4v) is 2.54. The largest absolute Gasteiger partial charge is 0.381 e. The van der Waals surface area contributed by atoms with Gasteiger partial charge in [0.05, 0.1) is 0 Å². The van der Waals surface area contributed by atoms with Crippen LogP contribution in [0.5, 0.6) is 0 Å². The van der Waals surface area contributed by atoms with E-state index in [-0.39, 0.29) is 11.9 Å². The number of aryl methyl sites for hydroxylation is 1. The van der Waals surface area contributed by atoms with Crippen molar-refractivity contribution >= 4 is 0 Å². The van der Waals surface area contributed by atoms with Crippen LogP contribution in [0, 0.1) is 18.7 Å². The highest BCUT2D eigenvalue weighted by Crippen LogP contribution is 2.21. The first-order chi connectivity index (χ1) is 8.69. The third-order valence-electron chi connectivity index (χ3n) is 3.65. The minimum absolute atomic E-state index is 0.183. The second kappa shape index (κ2) is 6.27. The highest BCUT2D eigenvalue weighted by Gasteiger charge is 2.20. The van der Waals surface area contributed by atoms with Crippen LogP contribution in [-0.2, 0) is 11.2 Å². The number of benzene rings is 1. The molecule has 0 saturated carbocycles. The minimum Gasteiger partial charge on any atom is -0.381 e. The van der Waals surface area contributed by atoms with Gasteiger partial charge in [0.2, 0.25) is 0 Å². The van der Waals surface area contributed by atoms with E-state index in [1.807, 2.05) is 13.0 Å². The topological polar surface area (TPSA) is 47.3 Å². The van der Waals surface area contributed by atoms with Gasteiger partial charge in [0, 0.05) is 19.3 Å². The van der Waals surface area contributed by atoms with Gasteiger partial charge in [-0.1, -0.05) is 6.07 Å². The molecule has 0 aliphatic carbocycles. The van der Waals surface area contributed by atoms with E-state index in [1.54, 1.807) is 6.07 Å². The summed E-state index contributed by atoms with van der Waals surface area (Å²) in [6.45, 7) is 3.63. The molecule has 0 aromatic heterocycles. The minimum atomic E-state index is -0.183. The average Bonchev–Trinajstić information content (AvgIpc) is 2.84. The molecule has 1 aliphatic heterocycles. The molecule has 4 heteroatoms. The molecule has 18 heavy (non-hydrogen) atoms. The lowest BCUT2D eigenvalue weighted by Gasteiger charge is -2.20. The van der Waals surface area contributed by atoms with Crippen molar-refractivity contribution in [3.8, 4) is 0 Å². The van der Waals surface area contributed by atoms with Gasteiger partial charge in [-0.15, -0.1) is 0 Å². The van der Waals surface area contributed by atoms with E-state index < -0.39 is 0 Å². The number of hydrazine groups is 1. The van der Waals surface area contributed by atoms with Gasteiger partial charge in [0.25, 0.3) is 0 Å². The monoisotopic (exact) mass is 252 g/mol. The second-order valence-electron chi connectivity index (χ2n) is 5.10. The molecule has 1 fully saturated rings. The lowest BCUT2D eigenvalue weighted by molar-refractivity contribution is 0.181. The zero-order chi connectivity index (χ0) is 13.0. The molecule has 1 aromatic rings. The molecule has 0 radical (unpaired) electrons. The number of nitrogens with two attached hydrogens (primary N) is 1. The summed E-state index contributed by atoms with van der Waals surface area (Å²) in [5, 5.41) is 0. The van der Waals surface area contributed by atoms with Crippen LogP contribution < -0.4 is 11.3 Å². The number of hydrogen-bond acceptors (Lipinski definition) is 3. The lowest BCUT2D eigenvalue weighted by atomic mass is 9.93. The first kappa shape index (κ1) is 13.5. The number of nitrogens with one attached hydrogen (secondary N) is 1. The summed E-state index contributed by atoms with van der Waals surface area (Å²) < 4.78 is 18.4. The van der Waals surface area contributed by atoms with Crippen molar-refractivity contribution in [2.75, 3.05) is 13.2 Å². The van der Waals surface area contributed by atoms with Crippen LogP contribution in [0.1, 0.15) is 24.0 Å². The zero-order valence-electron chi connectivity index (χ0n) is 10.8. The Morgan fingerprint density at radius 3 is 3.00 bits per heavy atom. The predicted molar refractivity (Wildman–Crippen MR) is 69.5 cm³/mol. The third kappa shape index (κ3) is 3.51. The van der Waals surface area contributed by atoms with Crippen LogP contribution in [0.15, 0.2) is 18.2 Å². The fraction of sp³-hybridized carbons (Fsp3) is 0.571. The van der Waals surface area contributed by atoms with Crippen molar-refractivity contribution < 1.29 is 9.13 Å². The van der Waals surface area contributed by atoms with Crippen molar-refractivity contribution in [1.82, 2.24) is 5.43 Å². The Morgan fingerprint density at radius 2 is 2.39 bits per heavy atom.